The van der Waals surface area contributed by atoms with Crippen LogP contribution in [0.3, 0.4) is 0 Å². The molecule has 7 heteroatoms. The Balaban J connectivity index is 0.00000113. The molecule has 0 spiro atoms. The fourth-order valence-corrected chi connectivity index (χ4v) is 4.02. The molecular formula is C24H38N2O5. The predicted octanol–water partition coefficient (Wildman–Crippen LogP) is 2.96. The molecule has 1 atom stereocenters. The van der Waals surface area contributed by atoms with Crippen molar-refractivity contribution in [3.63, 3.8) is 0 Å². The van der Waals surface area contributed by atoms with E-state index in [-0.39, 0.29) is 30.7 Å². The van der Waals surface area contributed by atoms with Crippen molar-refractivity contribution in [2.75, 3.05) is 13.7 Å². The second-order valence-electron chi connectivity index (χ2n) is 7.44. The van der Waals surface area contributed by atoms with Crippen molar-refractivity contribution in [1.29, 1.82) is 0 Å². The topological polar surface area (TPSA) is 107 Å². The number of nitrogens with one attached hydrogen (secondary N) is 1. The number of unbranched alkanes of at least 4 members (excludes halogenated alkanes) is 5. The Morgan fingerprint density at radius 3 is 2.29 bits per heavy atom. The lowest BCUT2D eigenvalue weighted by Gasteiger charge is -2.29. The van der Waals surface area contributed by atoms with Crippen molar-refractivity contribution >= 4 is 17.7 Å². The van der Waals surface area contributed by atoms with E-state index in [4.69, 9.17) is 10.2 Å². The highest BCUT2D eigenvalue weighted by Gasteiger charge is 2.39. The van der Waals surface area contributed by atoms with Crippen molar-refractivity contribution in [2.45, 2.75) is 84.2 Å². The number of amides is 3. The molecular weight excluding hydrogens is 396 g/mol. The molecule has 1 aromatic carbocycles. The third-order valence-corrected chi connectivity index (χ3v) is 5.53. The number of aryl methyl sites for hydroxylation is 1. The summed E-state index contributed by atoms with van der Waals surface area (Å²) in [5.41, 5.74) is 2.92. The molecule has 0 radical (unpaired) electrons. The zero-order valence-electron chi connectivity index (χ0n) is 19.2. The molecule has 0 aromatic heterocycles. The first kappa shape index (κ1) is 26.8. The standard InChI is InChI=1S/C21H28N2O4.C2H6.CH4O/c24-13-6-4-2-1-3-5-8-15-9-7-10-16-17(15)14-23(21(16)27)18-11-12-19(25)22-20(18)26;2*1-2/h7,9-10,18,24H,1-6,8,11-14H2,(H,22,25,26);1-2H3;2H,1H3. The number of fused-ring (bicyclic) bond motifs is 1. The summed E-state index contributed by atoms with van der Waals surface area (Å²) in [6.45, 7) is 4.72. The van der Waals surface area contributed by atoms with Gasteiger partial charge in [-0.25, -0.2) is 0 Å². The number of carbonyl (C=O) groups excluding carboxylic acids is 3. The molecule has 3 rings (SSSR count). The first-order valence-corrected chi connectivity index (χ1v) is 11.4. The van der Waals surface area contributed by atoms with Gasteiger partial charge in [-0.2, -0.15) is 0 Å². The van der Waals surface area contributed by atoms with Crippen LogP contribution in [0.4, 0.5) is 0 Å². The zero-order valence-corrected chi connectivity index (χ0v) is 19.2. The molecule has 1 fully saturated rings. The second-order valence-corrected chi connectivity index (χ2v) is 7.44. The molecule has 7 nitrogen and oxygen atoms in total. The van der Waals surface area contributed by atoms with Crippen molar-refractivity contribution in [2.24, 2.45) is 0 Å². The lowest BCUT2D eigenvalue weighted by Crippen LogP contribution is -2.52. The van der Waals surface area contributed by atoms with Gasteiger partial charge >= 0.3 is 0 Å². The third kappa shape index (κ3) is 7.43. The summed E-state index contributed by atoms with van der Waals surface area (Å²) in [7, 11) is 1.00. The molecule has 2 aliphatic heterocycles. The fraction of sp³-hybridized carbons (Fsp3) is 0.625. The Hall–Kier alpha value is -2.25. The summed E-state index contributed by atoms with van der Waals surface area (Å²) in [5, 5.41) is 18.1. The van der Waals surface area contributed by atoms with E-state index >= 15 is 0 Å². The Morgan fingerprint density at radius 2 is 1.65 bits per heavy atom. The average Bonchev–Trinajstić information content (AvgIpc) is 3.13. The summed E-state index contributed by atoms with van der Waals surface area (Å²) in [6.07, 6.45) is 8.08. The normalized spacial score (nSPS) is 17.3. The zero-order chi connectivity index (χ0) is 23.2. The van der Waals surface area contributed by atoms with E-state index in [0.29, 0.717) is 18.5 Å². The van der Waals surface area contributed by atoms with Gasteiger partial charge in [0, 0.05) is 32.2 Å². The Morgan fingerprint density at radius 1 is 1.00 bits per heavy atom. The fourth-order valence-electron chi connectivity index (χ4n) is 4.02. The Kier molecular flexibility index (Phi) is 12.7. The number of piperidine rings is 1. The van der Waals surface area contributed by atoms with Crippen molar-refractivity contribution in [3.05, 3.63) is 34.9 Å². The number of aliphatic hydroxyl groups excluding tert-OH is 2. The highest BCUT2D eigenvalue weighted by molar-refractivity contribution is 6.05. The number of carbonyl (C=O) groups is 3. The lowest BCUT2D eigenvalue weighted by atomic mass is 9.98. The Labute approximate surface area is 185 Å². The van der Waals surface area contributed by atoms with Crippen LogP contribution in [0, 0.1) is 0 Å². The van der Waals surface area contributed by atoms with Crippen LogP contribution in [0.5, 0.6) is 0 Å². The summed E-state index contributed by atoms with van der Waals surface area (Å²) >= 11 is 0. The SMILES string of the molecule is CC.CO.O=C1CCC(N2Cc3c(CCCCCCCCO)cccc3C2=O)C(=O)N1. The molecule has 0 bridgehead atoms. The molecule has 1 saturated heterocycles. The van der Waals surface area contributed by atoms with Crippen LogP contribution in [-0.2, 0) is 22.6 Å². The smallest absolute Gasteiger partial charge is 0.255 e. The van der Waals surface area contributed by atoms with Crippen LogP contribution in [-0.4, -0.2) is 52.6 Å². The van der Waals surface area contributed by atoms with Gasteiger partial charge in [-0.15, -0.1) is 0 Å². The van der Waals surface area contributed by atoms with Gasteiger partial charge in [0.2, 0.25) is 11.8 Å². The number of hydrogen-bond acceptors (Lipinski definition) is 5. The van der Waals surface area contributed by atoms with Gasteiger partial charge in [-0.1, -0.05) is 51.7 Å². The maximum Gasteiger partial charge on any atom is 0.255 e. The highest BCUT2D eigenvalue weighted by Crippen LogP contribution is 2.30. The molecule has 3 amide bonds. The maximum absolute atomic E-state index is 12.8. The van der Waals surface area contributed by atoms with E-state index in [1.54, 1.807) is 4.90 Å². The minimum Gasteiger partial charge on any atom is -0.400 e. The number of benzene rings is 1. The van der Waals surface area contributed by atoms with E-state index in [1.807, 2.05) is 26.0 Å². The minimum atomic E-state index is -0.554. The molecule has 174 valence electrons. The van der Waals surface area contributed by atoms with Gasteiger partial charge in [0.1, 0.15) is 6.04 Å². The van der Waals surface area contributed by atoms with Crippen LogP contribution in [0.15, 0.2) is 18.2 Å². The summed E-state index contributed by atoms with van der Waals surface area (Å²) in [5.74, 6) is -0.734. The first-order chi connectivity index (χ1) is 15.1. The second kappa shape index (κ2) is 14.7. The van der Waals surface area contributed by atoms with Gasteiger partial charge in [-0.05, 0) is 42.9 Å². The molecule has 3 N–H and O–H groups in total. The Bertz CT molecular complexity index is 720. The molecule has 2 aliphatic rings. The summed E-state index contributed by atoms with van der Waals surface area (Å²) in [4.78, 5) is 37.9. The van der Waals surface area contributed by atoms with Crippen LogP contribution in [0.2, 0.25) is 0 Å². The van der Waals surface area contributed by atoms with Gasteiger partial charge in [0.05, 0.1) is 0 Å². The lowest BCUT2D eigenvalue weighted by molar-refractivity contribution is -0.136. The van der Waals surface area contributed by atoms with E-state index in [2.05, 4.69) is 11.4 Å². The first-order valence-electron chi connectivity index (χ1n) is 11.4. The summed E-state index contributed by atoms with van der Waals surface area (Å²) < 4.78 is 0. The number of hydrogen-bond donors (Lipinski definition) is 3. The van der Waals surface area contributed by atoms with Crippen molar-refractivity contribution in [1.82, 2.24) is 10.2 Å². The molecule has 0 saturated carbocycles. The molecule has 1 unspecified atom stereocenters. The number of rotatable bonds is 9. The maximum atomic E-state index is 12.8. The van der Waals surface area contributed by atoms with Gasteiger partial charge in [0.15, 0.2) is 0 Å². The van der Waals surface area contributed by atoms with E-state index in [0.717, 1.165) is 57.6 Å². The van der Waals surface area contributed by atoms with Crippen molar-refractivity contribution in [3.8, 4) is 0 Å². The van der Waals surface area contributed by atoms with Gasteiger partial charge in [0.25, 0.3) is 5.91 Å². The van der Waals surface area contributed by atoms with Crippen LogP contribution < -0.4 is 5.32 Å². The van der Waals surface area contributed by atoms with Crippen LogP contribution in [0.25, 0.3) is 0 Å². The quantitative estimate of drug-likeness (QED) is 0.409. The minimum absolute atomic E-state index is 0.106. The predicted molar refractivity (Wildman–Crippen MR) is 120 cm³/mol. The average molecular weight is 435 g/mol. The van der Waals surface area contributed by atoms with Gasteiger partial charge in [-0.3, -0.25) is 19.7 Å². The van der Waals surface area contributed by atoms with Crippen LogP contribution >= 0.6 is 0 Å². The number of aliphatic hydroxyl groups is 2. The highest BCUT2D eigenvalue weighted by atomic mass is 16.3. The van der Waals surface area contributed by atoms with E-state index in [1.165, 1.54) is 5.56 Å². The van der Waals surface area contributed by atoms with E-state index < -0.39 is 6.04 Å². The largest absolute Gasteiger partial charge is 0.400 e. The van der Waals surface area contributed by atoms with Gasteiger partial charge < -0.3 is 15.1 Å². The molecule has 31 heavy (non-hydrogen) atoms. The van der Waals surface area contributed by atoms with Crippen molar-refractivity contribution < 1.29 is 24.6 Å². The molecule has 2 heterocycles. The van der Waals surface area contributed by atoms with Crippen LogP contribution in [0.1, 0.15) is 86.7 Å². The molecule has 1 aromatic rings. The third-order valence-electron chi connectivity index (χ3n) is 5.53. The molecule has 0 aliphatic carbocycles. The summed E-state index contributed by atoms with van der Waals surface area (Å²) in [6, 6.07) is 5.27. The monoisotopic (exact) mass is 434 g/mol. The number of nitrogens with zero attached hydrogens (tertiary/aromatic N) is 1. The number of imide groups is 1. The van der Waals surface area contributed by atoms with E-state index in [9.17, 15) is 14.4 Å².